The molecule has 1 atom stereocenters. The van der Waals surface area contributed by atoms with Gasteiger partial charge >= 0.3 is 5.69 Å². The van der Waals surface area contributed by atoms with E-state index in [1.165, 1.54) is 0 Å². The highest BCUT2D eigenvalue weighted by Crippen LogP contribution is 2.14. The van der Waals surface area contributed by atoms with Crippen molar-refractivity contribution in [2.45, 2.75) is 52.9 Å². The summed E-state index contributed by atoms with van der Waals surface area (Å²) in [5.41, 5.74) is -0.161. The van der Waals surface area contributed by atoms with E-state index in [1.54, 1.807) is 4.57 Å². The Balaban J connectivity index is 2.88. The van der Waals surface area contributed by atoms with Crippen molar-refractivity contribution in [1.29, 1.82) is 0 Å². The number of hydrogen-bond acceptors (Lipinski definition) is 3. The SMILES string of the molecule is CCCn1c([C@H](C)OC(C)C)n[nH]c1=O. The molecule has 15 heavy (non-hydrogen) atoms. The van der Waals surface area contributed by atoms with Gasteiger partial charge in [-0.3, -0.25) is 4.57 Å². The molecule has 0 saturated heterocycles. The number of nitrogens with zero attached hydrogens (tertiary/aromatic N) is 2. The third kappa shape index (κ3) is 2.92. The highest BCUT2D eigenvalue weighted by molar-refractivity contribution is 4.90. The summed E-state index contributed by atoms with van der Waals surface area (Å²) in [6, 6.07) is 0. The van der Waals surface area contributed by atoms with Crippen LogP contribution in [0.5, 0.6) is 0 Å². The molecule has 86 valence electrons. The number of nitrogens with one attached hydrogen (secondary N) is 1. The molecule has 5 heteroatoms. The average Bonchev–Trinajstić information content (AvgIpc) is 2.48. The molecule has 1 rings (SSSR count). The van der Waals surface area contributed by atoms with Crippen molar-refractivity contribution >= 4 is 0 Å². The highest BCUT2D eigenvalue weighted by Gasteiger charge is 2.16. The van der Waals surface area contributed by atoms with Gasteiger partial charge in [-0.05, 0) is 27.2 Å². The molecule has 5 nitrogen and oxygen atoms in total. The monoisotopic (exact) mass is 213 g/mol. The lowest BCUT2D eigenvalue weighted by Crippen LogP contribution is -2.21. The summed E-state index contributed by atoms with van der Waals surface area (Å²) in [7, 11) is 0. The fraction of sp³-hybridized carbons (Fsp3) is 0.800. The molecule has 1 heterocycles. The maximum absolute atomic E-state index is 11.4. The van der Waals surface area contributed by atoms with Gasteiger partial charge in [-0.25, -0.2) is 9.89 Å². The molecule has 0 aliphatic carbocycles. The zero-order valence-corrected chi connectivity index (χ0v) is 9.78. The normalized spacial score (nSPS) is 13.4. The number of H-pyrrole nitrogens is 1. The molecule has 0 saturated carbocycles. The van der Waals surface area contributed by atoms with Gasteiger partial charge in [0.15, 0.2) is 5.82 Å². The Bertz CT molecular complexity index is 354. The lowest BCUT2D eigenvalue weighted by Gasteiger charge is -2.15. The van der Waals surface area contributed by atoms with E-state index in [9.17, 15) is 4.79 Å². The average molecular weight is 213 g/mol. The second-order valence-electron chi connectivity index (χ2n) is 3.87. The third-order valence-corrected chi connectivity index (χ3v) is 2.07. The predicted octanol–water partition coefficient (Wildman–Crippen LogP) is 1.47. The number of rotatable bonds is 5. The van der Waals surface area contributed by atoms with E-state index in [0.29, 0.717) is 12.4 Å². The Morgan fingerprint density at radius 1 is 1.47 bits per heavy atom. The van der Waals surface area contributed by atoms with E-state index in [-0.39, 0.29) is 17.9 Å². The van der Waals surface area contributed by atoms with Gasteiger partial charge in [0, 0.05) is 6.54 Å². The lowest BCUT2D eigenvalue weighted by atomic mass is 10.3. The molecule has 0 fully saturated rings. The fourth-order valence-electron chi connectivity index (χ4n) is 1.55. The molecule has 0 spiro atoms. The van der Waals surface area contributed by atoms with Gasteiger partial charge in [0.1, 0.15) is 6.10 Å². The van der Waals surface area contributed by atoms with Crippen LogP contribution in [0.15, 0.2) is 4.79 Å². The van der Waals surface area contributed by atoms with Crippen molar-refractivity contribution in [2.24, 2.45) is 0 Å². The van der Waals surface area contributed by atoms with Crippen molar-refractivity contribution in [3.8, 4) is 0 Å². The van der Waals surface area contributed by atoms with Crippen molar-refractivity contribution < 1.29 is 4.74 Å². The van der Waals surface area contributed by atoms with Crippen LogP contribution in [0.25, 0.3) is 0 Å². The maximum atomic E-state index is 11.4. The highest BCUT2D eigenvalue weighted by atomic mass is 16.5. The van der Waals surface area contributed by atoms with Crippen LogP contribution < -0.4 is 5.69 Å². The first-order chi connectivity index (χ1) is 7.06. The molecular weight excluding hydrogens is 194 g/mol. The first kappa shape index (κ1) is 12.0. The Labute approximate surface area is 89.5 Å². The van der Waals surface area contributed by atoms with Gasteiger partial charge in [0.25, 0.3) is 0 Å². The Morgan fingerprint density at radius 2 is 2.13 bits per heavy atom. The quantitative estimate of drug-likeness (QED) is 0.805. The minimum atomic E-state index is -0.161. The molecule has 1 N–H and O–H groups in total. The zero-order valence-electron chi connectivity index (χ0n) is 9.78. The number of aromatic amines is 1. The maximum Gasteiger partial charge on any atom is 0.343 e. The second-order valence-corrected chi connectivity index (χ2v) is 3.87. The second kappa shape index (κ2) is 5.11. The van der Waals surface area contributed by atoms with Crippen LogP contribution in [0.1, 0.15) is 46.0 Å². The van der Waals surface area contributed by atoms with E-state index in [1.807, 2.05) is 27.7 Å². The van der Waals surface area contributed by atoms with Crippen LogP contribution in [0, 0.1) is 0 Å². The van der Waals surface area contributed by atoms with Crippen LogP contribution in [0.3, 0.4) is 0 Å². The molecule has 0 aliphatic heterocycles. The van der Waals surface area contributed by atoms with Crippen LogP contribution in [-0.4, -0.2) is 20.9 Å². The van der Waals surface area contributed by atoms with Gasteiger partial charge in [-0.2, -0.15) is 5.10 Å². The Hall–Kier alpha value is -1.10. The smallest absolute Gasteiger partial charge is 0.343 e. The number of aromatic nitrogens is 3. The van der Waals surface area contributed by atoms with Crippen molar-refractivity contribution in [3.05, 3.63) is 16.3 Å². The molecule has 0 amide bonds. The van der Waals surface area contributed by atoms with Crippen molar-refractivity contribution in [1.82, 2.24) is 14.8 Å². The lowest BCUT2D eigenvalue weighted by molar-refractivity contribution is 0.0106. The molecule has 0 aromatic carbocycles. The summed E-state index contributed by atoms with van der Waals surface area (Å²) in [5.74, 6) is 0.676. The van der Waals surface area contributed by atoms with Gasteiger partial charge < -0.3 is 4.74 Å². The molecule has 1 aromatic heterocycles. The van der Waals surface area contributed by atoms with Crippen LogP contribution in [-0.2, 0) is 11.3 Å². The molecule has 0 unspecified atom stereocenters. The van der Waals surface area contributed by atoms with E-state index in [4.69, 9.17) is 4.74 Å². The number of ether oxygens (including phenoxy) is 1. The topological polar surface area (TPSA) is 59.9 Å². The molecule has 0 bridgehead atoms. The summed E-state index contributed by atoms with van der Waals surface area (Å²) in [6.45, 7) is 8.53. The minimum Gasteiger partial charge on any atom is -0.368 e. The van der Waals surface area contributed by atoms with E-state index in [2.05, 4.69) is 10.2 Å². The third-order valence-electron chi connectivity index (χ3n) is 2.07. The molecule has 1 aromatic rings. The van der Waals surface area contributed by atoms with Gasteiger partial charge in [0.2, 0.25) is 0 Å². The predicted molar refractivity (Wildman–Crippen MR) is 57.8 cm³/mol. The zero-order chi connectivity index (χ0) is 11.4. The summed E-state index contributed by atoms with van der Waals surface area (Å²) in [4.78, 5) is 11.4. The summed E-state index contributed by atoms with van der Waals surface area (Å²) in [6.07, 6.45) is 0.873. The van der Waals surface area contributed by atoms with Gasteiger partial charge in [-0.1, -0.05) is 6.92 Å². The molecule has 0 radical (unpaired) electrons. The first-order valence-electron chi connectivity index (χ1n) is 5.36. The summed E-state index contributed by atoms with van der Waals surface area (Å²) < 4.78 is 7.23. The first-order valence-corrected chi connectivity index (χ1v) is 5.36. The summed E-state index contributed by atoms with van der Waals surface area (Å²) >= 11 is 0. The largest absolute Gasteiger partial charge is 0.368 e. The van der Waals surface area contributed by atoms with Crippen LogP contribution in [0.4, 0.5) is 0 Å². The van der Waals surface area contributed by atoms with Gasteiger partial charge in [-0.15, -0.1) is 0 Å². The van der Waals surface area contributed by atoms with Crippen molar-refractivity contribution in [2.75, 3.05) is 0 Å². The van der Waals surface area contributed by atoms with Crippen LogP contribution in [0.2, 0.25) is 0 Å². The summed E-state index contributed by atoms with van der Waals surface area (Å²) in [5, 5.41) is 6.44. The Kier molecular flexibility index (Phi) is 4.08. The van der Waals surface area contributed by atoms with Crippen molar-refractivity contribution in [3.63, 3.8) is 0 Å². The fourth-order valence-corrected chi connectivity index (χ4v) is 1.55. The number of hydrogen-bond donors (Lipinski definition) is 1. The van der Waals surface area contributed by atoms with Gasteiger partial charge in [0.05, 0.1) is 6.10 Å². The molecule has 0 aliphatic rings. The van der Waals surface area contributed by atoms with Crippen LogP contribution >= 0.6 is 0 Å². The molecular formula is C10H19N3O2. The standard InChI is InChI=1S/C10H19N3O2/c1-5-6-13-9(11-12-10(13)14)8(4)15-7(2)3/h7-8H,5-6H2,1-4H3,(H,12,14)/t8-/m0/s1. The Morgan fingerprint density at radius 3 is 2.67 bits per heavy atom. The van der Waals surface area contributed by atoms with E-state index >= 15 is 0 Å². The van der Waals surface area contributed by atoms with E-state index < -0.39 is 0 Å². The van der Waals surface area contributed by atoms with E-state index in [0.717, 1.165) is 6.42 Å². The minimum absolute atomic E-state index is 0.127.